The third kappa shape index (κ3) is 4.14. The minimum Gasteiger partial charge on any atom is -0.497 e. The normalized spacial score (nSPS) is 10.7. The maximum atomic E-state index is 12.3. The summed E-state index contributed by atoms with van der Waals surface area (Å²) < 4.78 is 16.8. The number of hydrogen-bond acceptors (Lipinski definition) is 7. The number of benzene rings is 1. The van der Waals surface area contributed by atoms with Crippen LogP contribution >= 0.6 is 0 Å². The Kier molecular flexibility index (Phi) is 5.42. The summed E-state index contributed by atoms with van der Waals surface area (Å²) in [5.74, 6) is 1.15. The van der Waals surface area contributed by atoms with Gasteiger partial charge in [-0.15, -0.1) is 0 Å². The lowest BCUT2D eigenvalue weighted by Gasteiger charge is -2.08. The van der Waals surface area contributed by atoms with Crippen LogP contribution in [0.15, 0.2) is 74.6 Å². The van der Waals surface area contributed by atoms with Crippen molar-refractivity contribution in [3.63, 3.8) is 0 Å². The van der Waals surface area contributed by atoms with Gasteiger partial charge < -0.3 is 19.0 Å². The van der Waals surface area contributed by atoms with Crippen LogP contribution < -0.4 is 15.6 Å². The number of nitrogens with zero attached hydrogens (tertiary/aromatic N) is 3. The Morgan fingerprint density at radius 2 is 1.97 bits per heavy atom. The molecule has 0 bridgehead atoms. The number of nitrogens with one attached hydrogen (secondary N) is 1. The molecule has 0 radical (unpaired) electrons. The Hall–Kier alpha value is -4.14. The highest BCUT2D eigenvalue weighted by molar-refractivity contribution is 5.92. The van der Waals surface area contributed by atoms with Gasteiger partial charge in [0.2, 0.25) is 5.76 Å². The molecule has 0 saturated carbocycles. The second-order valence-corrected chi connectivity index (χ2v) is 6.32. The molecule has 9 nitrogen and oxygen atoms in total. The molecule has 1 amide bonds. The van der Waals surface area contributed by atoms with Crippen molar-refractivity contribution in [2.75, 3.05) is 13.7 Å². The molecular weight excluding hydrogens is 388 g/mol. The van der Waals surface area contributed by atoms with Crippen LogP contribution in [0.1, 0.15) is 10.5 Å². The van der Waals surface area contributed by atoms with E-state index < -0.39 is 5.91 Å². The zero-order chi connectivity index (χ0) is 20.9. The van der Waals surface area contributed by atoms with Crippen LogP contribution in [0.3, 0.4) is 0 Å². The number of carbonyl (C=O) groups excluding carboxylic acids is 1. The molecule has 0 aliphatic rings. The molecule has 0 atom stereocenters. The second-order valence-electron chi connectivity index (χ2n) is 6.32. The maximum absolute atomic E-state index is 12.3. The summed E-state index contributed by atoms with van der Waals surface area (Å²) in [7, 11) is 1.60. The molecule has 0 aliphatic heterocycles. The third-order valence-electron chi connectivity index (χ3n) is 4.37. The molecule has 1 aromatic carbocycles. The molecule has 1 N–H and O–H groups in total. The van der Waals surface area contributed by atoms with Crippen molar-refractivity contribution in [2.45, 2.75) is 6.54 Å². The molecule has 0 saturated heterocycles. The lowest BCUT2D eigenvalue weighted by atomic mass is 10.1. The van der Waals surface area contributed by atoms with Gasteiger partial charge in [-0.05, 0) is 42.5 Å². The number of carbonyl (C=O) groups is 1. The van der Waals surface area contributed by atoms with Crippen molar-refractivity contribution >= 4 is 5.91 Å². The van der Waals surface area contributed by atoms with E-state index in [1.54, 1.807) is 25.3 Å². The topological polar surface area (TPSA) is 112 Å². The number of furan rings is 1. The van der Waals surface area contributed by atoms with Crippen molar-refractivity contribution < 1.29 is 18.5 Å². The number of ether oxygens (including phenoxy) is 1. The van der Waals surface area contributed by atoms with E-state index >= 15 is 0 Å². The van der Waals surface area contributed by atoms with Crippen LogP contribution in [-0.2, 0) is 6.54 Å². The van der Waals surface area contributed by atoms with Crippen LogP contribution in [0.5, 0.6) is 5.75 Å². The smallest absolute Gasteiger partial charge is 0.273 e. The molecule has 0 spiro atoms. The lowest BCUT2D eigenvalue weighted by Crippen LogP contribution is -2.32. The molecule has 152 valence electrons. The van der Waals surface area contributed by atoms with E-state index in [-0.39, 0.29) is 24.3 Å². The first-order chi connectivity index (χ1) is 14.6. The third-order valence-corrected chi connectivity index (χ3v) is 4.37. The largest absolute Gasteiger partial charge is 0.497 e. The van der Waals surface area contributed by atoms with Crippen LogP contribution in [-0.4, -0.2) is 34.5 Å². The SMILES string of the molecule is COc1ccc(-c2ccc(=O)n(CCNC(=O)c3cc(-c4ccco4)on3)n2)cc1. The van der Waals surface area contributed by atoms with Gasteiger partial charge in [-0.25, -0.2) is 4.68 Å². The number of aromatic nitrogens is 3. The minimum atomic E-state index is -0.420. The lowest BCUT2D eigenvalue weighted by molar-refractivity contribution is 0.0942. The molecule has 3 aromatic heterocycles. The molecule has 0 fully saturated rings. The standard InChI is InChI=1S/C21H18N4O5/c1-28-15-6-4-14(5-7-15)16-8-9-20(26)25(23-16)11-10-22-21(27)17-13-19(30-24-17)18-3-2-12-29-18/h2-9,12-13H,10-11H2,1H3,(H,22,27). The molecule has 4 rings (SSSR count). The number of rotatable bonds is 7. The molecule has 3 heterocycles. The van der Waals surface area contributed by atoms with E-state index in [9.17, 15) is 9.59 Å². The van der Waals surface area contributed by atoms with Gasteiger partial charge in [0.25, 0.3) is 11.5 Å². The van der Waals surface area contributed by atoms with Crippen LogP contribution in [0, 0.1) is 0 Å². The van der Waals surface area contributed by atoms with Gasteiger partial charge in [-0.1, -0.05) is 5.16 Å². The van der Waals surface area contributed by atoms with Crippen molar-refractivity contribution in [2.24, 2.45) is 0 Å². The first-order valence-electron chi connectivity index (χ1n) is 9.15. The van der Waals surface area contributed by atoms with E-state index in [1.807, 2.05) is 24.3 Å². The average Bonchev–Trinajstić information content (AvgIpc) is 3.47. The predicted octanol–water partition coefficient (Wildman–Crippen LogP) is 2.60. The van der Waals surface area contributed by atoms with E-state index in [4.69, 9.17) is 13.7 Å². The van der Waals surface area contributed by atoms with E-state index in [0.29, 0.717) is 17.2 Å². The predicted molar refractivity (Wildman–Crippen MR) is 107 cm³/mol. The van der Waals surface area contributed by atoms with Gasteiger partial charge in [0.15, 0.2) is 11.5 Å². The van der Waals surface area contributed by atoms with Gasteiger partial charge in [-0.2, -0.15) is 5.10 Å². The monoisotopic (exact) mass is 406 g/mol. The first kappa shape index (κ1) is 19.2. The van der Waals surface area contributed by atoms with E-state index in [0.717, 1.165) is 11.3 Å². The highest BCUT2D eigenvalue weighted by Gasteiger charge is 2.15. The van der Waals surface area contributed by atoms with Gasteiger partial charge in [0.1, 0.15) is 5.75 Å². The highest BCUT2D eigenvalue weighted by atomic mass is 16.5. The Bertz CT molecular complexity index is 1190. The van der Waals surface area contributed by atoms with Crippen molar-refractivity contribution in [1.29, 1.82) is 0 Å². The molecule has 9 heteroatoms. The van der Waals surface area contributed by atoms with Gasteiger partial charge in [-0.3, -0.25) is 9.59 Å². The Morgan fingerprint density at radius 1 is 1.13 bits per heavy atom. The summed E-state index contributed by atoms with van der Waals surface area (Å²) in [5, 5.41) is 10.8. The molecular formula is C21H18N4O5. The first-order valence-corrected chi connectivity index (χ1v) is 9.15. The number of hydrogen-bond donors (Lipinski definition) is 1. The minimum absolute atomic E-state index is 0.119. The average molecular weight is 406 g/mol. The Balaban J connectivity index is 1.40. The summed E-state index contributed by atoms with van der Waals surface area (Å²) in [4.78, 5) is 24.4. The molecule has 30 heavy (non-hydrogen) atoms. The maximum Gasteiger partial charge on any atom is 0.273 e. The van der Waals surface area contributed by atoms with Crippen LogP contribution in [0.2, 0.25) is 0 Å². The quantitative estimate of drug-likeness (QED) is 0.502. The highest BCUT2D eigenvalue weighted by Crippen LogP contribution is 2.21. The number of methoxy groups -OCH3 is 1. The van der Waals surface area contributed by atoms with E-state index in [1.165, 1.54) is 23.1 Å². The molecule has 0 unspecified atom stereocenters. The fraction of sp³-hybridized carbons (Fsp3) is 0.143. The Labute approximate surface area is 170 Å². The summed E-state index contributed by atoms with van der Waals surface area (Å²) in [6.45, 7) is 0.401. The fourth-order valence-corrected chi connectivity index (χ4v) is 2.81. The summed E-state index contributed by atoms with van der Waals surface area (Å²) in [5.41, 5.74) is 1.35. The van der Waals surface area contributed by atoms with Gasteiger partial charge in [0.05, 0.1) is 25.6 Å². The summed E-state index contributed by atoms with van der Waals surface area (Å²) in [6.07, 6.45) is 1.50. The van der Waals surface area contributed by atoms with E-state index in [2.05, 4.69) is 15.6 Å². The Morgan fingerprint density at radius 3 is 2.70 bits per heavy atom. The second kappa shape index (κ2) is 8.48. The van der Waals surface area contributed by atoms with Crippen molar-refractivity contribution in [3.05, 3.63) is 76.9 Å². The zero-order valence-electron chi connectivity index (χ0n) is 16.1. The number of amides is 1. The molecule has 4 aromatic rings. The van der Waals surface area contributed by atoms with Crippen molar-refractivity contribution in [1.82, 2.24) is 20.3 Å². The summed E-state index contributed by atoms with van der Waals surface area (Å²) >= 11 is 0. The fourth-order valence-electron chi connectivity index (χ4n) is 2.81. The molecule has 0 aliphatic carbocycles. The van der Waals surface area contributed by atoms with Crippen LogP contribution in [0.25, 0.3) is 22.8 Å². The van der Waals surface area contributed by atoms with Crippen LogP contribution in [0.4, 0.5) is 0 Å². The van der Waals surface area contributed by atoms with Crippen molar-refractivity contribution in [3.8, 4) is 28.5 Å². The van der Waals surface area contributed by atoms with Gasteiger partial charge in [0, 0.05) is 24.2 Å². The zero-order valence-corrected chi connectivity index (χ0v) is 16.1. The summed E-state index contributed by atoms with van der Waals surface area (Å²) in [6, 6.07) is 15.4. The van der Waals surface area contributed by atoms with Gasteiger partial charge >= 0.3 is 0 Å².